The first kappa shape index (κ1) is 20.5. The molecule has 1 aliphatic carbocycles. The molecule has 0 bridgehead atoms. The maximum absolute atomic E-state index is 14.7. The summed E-state index contributed by atoms with van der Waals surface area (Å²) >= 11 is 0. The fourth-order valence-electron chi connectivity index (χ4n) is 4.45. The van der Waals surface area contributed by atoms with E-state index in [4.69, 9.17) is 14.2 Å². The number of nitrogens with one attached hydrogen (secondary N) is 1. The van der Waals surface area contributed by atoms with Crippen LogP contribution < -0.4 is 14.8 Å². The third-order valence-corrected chi connectivity index (χ3v) is 6.03. The highest BCUT2D eigenvalue weighted by Crippen LogP contribution is 2.45. The average Bonchev–Trinajstić information content (AvgIpc) is 3.53. The lowest BCUT2D eigenvalue weighted by atomic mass is 10.1. The Labute approximate surface area is 185 Å². The maximum Gasteiger partial charge on any atom is 0.272 e. The number of benzene rings is 2. The Balaban J connectivity index is 1.60. The largest absolute Gasteiger partial charge is 0.493 e. The average molecular weight is 437 g/mol. The van der Waals surface area contributed by atoms with E-state index in [1.54, 1.807) is 32.4 Å². The van der Waals surface area contributed by atoms with E-state index >= 15 is 0 Å². The van der Waals surface area contributed by atoms with Crippen molar-refractivity contribution in [2.75, 3.05) is 27.4 Å². The number of amides is 1. The predicted octanol–water partition coefficient (Wildman–Crippen LogP) is 3.51. The highest BCUT2D eigenvalue weighted by atomic mass is 19.1. The van der Waals surface area contributed by atoms with Crippen molar-refractivity contribution in [3.63, 3.8) is 0 Å². The van der Waals surface area contributed by atoms with Crippen molar-refractivity contribution in [3.05, 3.63) is 59.0 Å². The fraction of sp³-hybridized carbons (Fsp3) is 0.333. The second-order valence-corrected chi connectivity index (χ2v) is 7.93. The van der Waals surface area contributed by atoms with Crippen molar-refractivity contribution >= 4 is 5.91 Å². The zero-order chi connectivity index (χ0) is 22.2. The Morgan fingerprint density at radius 2 is 2.03 bits per heavy atom. The number of nitrogens with zero attached hydrogens (tertiary/aromatic N) is 2. The van der Waals surface area contributed by atoms with Gasteiger partial charge in [0.2, 0.25) is 0 Å². The lowest BCUT2D eigenvalue weighted by Gasteiger charge is -2.13. The summed E-state index contributed by atoms with van der Waals surface area (Å²) in [5, 5.41) is 7.50. The van der Waals surface area contributed by atoms with Crippen molar-refractivity contribution in [3.8, 4) is 28.4 Å². The van der Waals surface area contributed by atoms with Gasteiger partial charge in [-0.25, -0.2) is 9.07 Å². The second kappa shape index (κ2) is 8.27. The van der Waals surface area contributed by atoms with Crippen LogP contribution in [0.4, 0.5) is 4.39 Å². The summed E-state index contributed by atoms with van der Waals surface area (Å²) in [6, 6.07) is 10.1. The highest BCUT2D eigenvalue weighted by Gasteiger charge is 2.33. The number of aromatic nitrogens is 2. The van der Waals surface area contributed by atoms with Crippen LogP contribution in [-0.4, -0.2) is 49.2 Å². The first-order valence-corrected chi connectivity index (χ1v) is 10.6. The van der Waals surface area contributed by atoms with E-state index < -0.39 is 5.82 Å². The van der Waals surface area contributed by atoms with Gasteiger partial charge < -0.3 is 19.5 Å². The van der Waals surface area contributed by atoms with Crippen LogP contribution in [0.3, 0.4) is 0 Å². The van der Waals surface area contributed by atoms with Crippen LogP contribution >= 0.6 is 0 Å². The summed E-state index contributed by atoms with van der Waals surface area (Å²) < 4.78 is 32.8. The van der Waals surface area contributed by atoms with Gasteiger partial charge in [0.1, 0.15) is 11.5 Å². The van der Waals surface area contributed by atoms with Crippen molar-refractivity contribution in [1.29, 1.82) is 0 Å². The van der Waals surface area contributed by atoms with Gasteiger partial charge in [-0.05, 0) is 42.7 Å². The molecule has 1 atom stereocenters. The summed E-state index contributed by atoms with van der Waals surface area (Å²) in [7, 11) is 3.15. The van der Waals surface area contributed by atoms with Gasteiger partial charge in [-0.1, -0.05) is 12.1 Å². The maximum atomic E-state index is 14.7. The number of para-hydroxylation sites is 1. The number of carbonyl (C=O) groups excluding carboxylic acids is 1. The molecule has 1 unspecified atom stereocenters. The van der Waals surface area contributed by atoms with Crippen LogP contribution in [0.1, 0.15) is 34.5 Å². The van der Waals surface area contributed by atoms with Crippen molar-refractivity contribution in [2.24, 2.45) is 0 Å². The monoisotopic (exact) mass is 437 g/mol. The number of halogens is 1. The molecule has 8 heteroatoms. The van der Waals surface area contributed by atoms with E-state index in [1.807, 2.05) is 12.1 Å². The first-order chi connectivity index (χ1) is 15.6. The normalized spacial score (nSPS) is 16.5. The molecule has 1 fully saturated rings. The van der Waals surface area contributed by atoms with Crippen LogP contribution in [0.2, 0.25) is 0 Å². The molecule has 2 aliphatic rings. The van der Waals surface area contributed by atoms with Crippen LogP contribution in [0.5, 0.6) is 11.5 Å². The Bertz CT molecular complexity index is 1180. The SMILES string of the molecule is COc1cc2c(cc1OC)-c1c(c(C(=O)NCC3CCCO3)nn1-c1ccccc1F)C2. The van der Waals surface area contributed by atoms with Gasteiger partial charge in [0.05, 0.1) is 26.0 Å². The van der Waals surface area contributed by atoms with Crippen LogP contribution in [0.25, 0.3) is 16.9 Å². The summed E-state index contributed by atoms with van der Waals surface area (Å²) in [4.78, 5) is 13.1. The molecule has 3 aromatic rings. The molecule has 0 radical (unpaired) electrons. The smallest absolute Gasteiger partial charge is 0.272 e. The molecule has 1 N–H and O–H groups in total. The molecular formula is C24H24FN3O4. The third kappa shape index (κ3) is 3.40. The van der Waals surface area contributed by atoms with E-state index in [0.29, 0.717) is 30.2 Å². The van der Waals surface area contributed by atoms with E-state index in [0.717, 1.165) is 36.1 Å². The standard InChI is InChI=1S/C24H24FN3O4/c1-30-20-11-14-10-17-22(24(29)26-13-15-6-5-9-32-15)27-28(19-8-4-3-7-18(19)25)23(17)16(14)12-21(20)31-2/h3-4,7-8,11-12,15H,5-6,9-10,13H2,1-2H3,(H,26,29). The number of hydrogen-bond acceptors (Lipinski definition) is 5. The molecule has 2 aromatic carbocycles. The molecule has 166 valence electrons. The number of hydrogen-bond donors (Lipinski definition) is 1. The topological polar surface area (TPSA) is 74.6 Å². The minimum Gasteiger partial charge on any atom is -0.493 e. The predicted molar refractivity (Wildman–Crippen MR) is 116 cm³/mol. The minimum atomic E-state index is -0.418. The molecule has 7 nitrogen and oxygen atoms in total. The molecule has 0 spiro atoms. The van der Waals surface area contributed by atoms with Gasteiger partial charge in [0.25, 0.3) is 5.91 Å². The molecule has 2 heterocycles. The summed E-state index contributed by atoms with van der Waals surface area (Å²) in [5.74, 6) is 0.451. The number of rotatable bonds is 6. The number of ether oxygens (including phenoxy) is 3. The second-order valence-electron chi connectivity index (χ2n) is 7.93. The fourth-order valence-corrected chi connectivity index (χ4v) is 4.45. The van der Waals surface area contributed by atoms with E-state index in [-0.39, 0.29) is 23.4 Å². The molecular weight excluding hydrogens is 413 g/mol. The van der Waals surface area contributed by atoms with E-state index in [9.17, 15) is 9.18 Å². The van der Waals surface area contributed by atoms with E-state index in [1.165, 1.54) is 10.7 Å². The third-order valence-electron chi connectivity index (χ3n) is 6.03. The van der Waals surface area contributed by atoms with Crippen molar-refractivity contribution in [1.82, 2.24) is 15.1 Å². The zero-order valence-corrected chi connectivity index (χ0v) is 18.0. The van der Waals surface area contributed by atoms with Crippen molar-refractivity contribution in [2.45, 2.75) is 25.4 Å². The van der Waals surface area contributed by atoms with Crippen LogP contribution in [0.15, 0.2) is 36.4 Å². The zero-order valence-electron chi connectivity index (χ0n) is 18.0. The van der Waals surface area contributed by atoms with Gasteiger partial charge in [-0.2, -0.15) is 5.10 Å². The molecule has 5 rings (SSSR count). The van der Waals surface area contributed by atoms with Gasteiger partial charge in [0, 0.05) is 30.7 Å². The quantitative estimate of drug-likeness (QED) is 0.500. The van der Waals surface area contributed by atoms with Crippen molar-refractivity contribution < 1.29 is 23.4 Å². The molecule has 1 saturated heterocycles. The Morgan fingerprint density at radius 3 is 2.75 bits per heavy atom. The number of fused-ring (bicyclic) bond motifs is 3. The van der Waals surface area contributed by atoms with Gasteiger partial charge in [-0.3, -0.25) is 4.79 Å². The Hall–Kier alpha value is -3.39. The first-order valence-electron chi connectivity index (χ1n) is 10.6. The summed E-state index contributed by atoms with van der Waals surface area (Å²) in [5.41, 5.74) is 3.82. The summed E-state index contributed by atoms with van der Waals surface area (Å²) in [6.07, 6.45) is 2.43. The lowest BCUT2D eigenvalue weighted by molar-refractivity contribution is 0.0852. The van der Waals surface area contributed by atoms with Gasteiger partial charge in [-0.15, -0.1) is 0 Å². The Morgan fingerprint density at radius 1 is 1.25 bits per heavy atom. The van der Waals surface area contributed by atoms with E-state index in [2.05, 4.69) is 10.4 Å². The van der Waals surface area contributed by atoms with Gasteiger partial charge in [0.15, 0.2) is 17.2 Å². The minimum absolute atomic E-state index is 0.0198. The van der Waals surface area contributed by atoms with Crippen LogP contribution in [0, 0.1) is 5.82 Å². The molecule has 1 aliphatic heterocycles. The van der Waals surface area contributed by atoms with Crippen LogP contribution in [-0.2, 0) is 11.2 Å². The summed E-state index contributed by atoms with van der Waals surface area (Å²) in [6.45, 7) is 1.14. The molecule has 1 aromatic heterocycles. The highest BCUT2D eigenvalue weighted by molar-refractivity contribution is 5.97. The molecule has 1 amide bonds. The number of methoxy groups -OCH3 is 2. The van der Waals surface area contributed by atoms with Gasteiger partial charge >= 0.3 is 0 Å². The number of carbonyl (C=O) groups is 1. The molecule has 0 saturated carbocycles. The Kier molecular flexibility index (Phi) is 5.30. The lowest BCUT2D eigenvalue weighted by Crippen LogP contribution is -2.32. The molecule has 32 heavy (non-hydrogen) atoms.